The lowest BCUT2D eigenvalue weighted by atomic mass is 10.1. The molecule has 1 unspecified atom stereocenters. The summed E-state index contributed by atoms with van der Waals surface area (Å²) >= 11 is 0. The Morgan fingerprint density at radius 3 is 2.53 bits per heavy atom. The molecule has 2 aromatic heterocycles. The van der Waals surface area contributed by atoms with Gasteiger partial charge in [0.1, 0.15) is 0 Å². The van der Waals surface area contributed by atoms with E-state index >= 15 is 0 Å². The predicted molar refractivity (Wildman–Crippen MR) is 121 cm³/mol. The molecule has 0 spiro atoms. The molecule has 0 aromatic carbocycles. The number of aromatic nitrogens is 3. The zero-order valence-corrected chi connectivity index (χ0v) is 18.9. The molecule has 4 rings (SSSR count). The highest BCUT2D eigenvalue weighted by Crippen LogP contribution is 2.40. The zero-order valence-electron chi connectivity index (χ0n) is 17.2. The van der Waals surface area contributed by atoms with Crippen LogP contribution in [0, 0.1) is 11.8 Å². The second-order valence-corrected chi connectivity index (χ2v) is 8.47. The Bertz CT molecular complexity index is 1050. The number of nitrogens with two attached hydrogens (primary N) is 1. The van der Waals surface area contributed by atoms with Gasteiger partial charge in [-0.05, 0) is 43.7 Å². The Morgan fingerprint density at radius 1 is 1.27 bits per heavy atom. The molecule has 1 aliphatic heterocycles. The zero-order chi connectivity index (χ0) is 20.0. The molecule has 1 saturated heterocycles. The van der Waals surface area contributed by atoms with Gasteiger partial charge in [0, 0.05) is 31.2 Å². The Morgan fingerprint density at radius 2 is 1.97 bits per heavy atom. The molecule has 3 N–H and O–H groups in total. The molecular formula is C20H29Cl2N5O3. The number of nitrogens with zero attached hydrogens (tertiary/aromatic N) is 3. The van der Waals surface area contributed by atoms with Crippen molar-refractivity contribution >= 4 is 41.8 Å². The Kier molecular flexibility index (Phi) is 7.71. The fraction of sp³-hybridized carbons (Fsp3) is 0.600. The van der Waals surface area contributed by atoms with E-state index in [4.69, 9.17) is 5.73 Å². The first-order valence-corrected chi connectivity index (χ1v) is 10.1. The maximum Gasteiger partial charge on any atom is 0.330 e. The summed E-state index contributed by atoms with van der Waals surface area (Å²) in [5.41, 5.74) is 6.21. The van der Waals surface area contributed by atoms with Crippen LogP contribution < -0.4 is 17.0 Å². The normalized spacial score (nSPS) is 18.4. The van der Waals surface area contributed by atoms with Crippen molar-refractivity contribution in [3.05, 3.63) is 38.2 Å². The number of amides is 1. The van der Waals surface area contributed by atoms with Crippen molar-refractivity contribution in [3.63, 3.8) is 0 Å². The van der Waals surface area contributed by atoms with E-state index in [0.29, 0.717) is 43.3 Å². The van der Waals surface area contributed by atoms with E-state index in [0.717, 1.165) is 25.0 Å². The number of fused-ring (bicyclic) bond motifs is 1. The lowest BCUT2D eigenvalue weighted by molar-refractivity contribution is 0.0789. The third kappa shape index (κ3) is 4.55. The van der Waals surface area contributed by atoms with Crippen LogP contribution in [0.5, 0.6) is 0 Å². The molecule has 0 radical (unpaired) electrons. The number of rotatable bonds is 5. The van der Waals surface area contributed by atoms with Gasteiger partial charge in [-0.15, -0.1) is 24.8 Å². The van der Waals surface area contributed by atoms with Crippen LogP contribution in [0.25, 0.3) is 11.0 Å². The highest BCUT2D eigenvalue weighted by atomic mass is 35.5. The summed E-state index contributed by atoms with van der Waals surface area (Å²) in [5, 5.41) is 0.214. The molecule has 2 fully saturated rings. The molecule has 10 heteroatoms. The summed E-state index contributed by atoms with van der Waals surface area (Å²) in [4.78, 5) is 47.3. The fourth-order valence-corrected chi connectivity index (χ4v) is 3.96. The van der Waals surface area contributed by atoms with Crippen molar-refractivity contribution in [1.82, 2.24) is 19.4 Å². The maximum atomic E-state index is 13.3. The lowest BCUT2D eigenvalue weighted by Gasteiger charge is -2.19. The van der Waals surface area contributed by atoms with E-state index in [2.05, 4.69) is 9.97 Å². The molecule has 3 heterocycles. The first-order chi connectivity index (χ1) is 13.4. The molecule has 0 bridgehead atoms. The van der Waals surface area contributed by atoms with Gasteiger partial charge in [0.2, 0.25) is 0 Å². The van der Waals surface area contributed by atoms with E-state index in [1.807, 2.05) is 13.8 Å². The minimum atomic E-state index is -0.548. The highest BCUT2D eigenvalue weighted by molar-refractivity contribution is 6.05. The number of hydrogen-bond acceptors (Lipinski definition) is 5. The van der Waals surface area contributed by atoms with Gasteiger partial charge in [-0.25, -0.2) is 9.78 Å². The number of carbonyl (C=O) groups excluding carboxylic acids is 1. The van der Waals surface area contributed by atoms with E-state index in [1.165, 1.54) is 4.57 Å². The topological polar surface area (TPSA) is 114 Å². The van der Waals surface area contributed by atoms with Crippen LogP contribution in [0.4, 0.5) is 0 Å². The summed E-state index contributed by atoms with van der Waals surface area (Å²) in [6.45, 7) is 6.20. The third-order valence-corrected chi connectivity index (χ3v) is 5.65. The Balaban J connectivity index is 0.00000160. The largest absolute Gasteiger partial charge is 0.338 e. The van der Waals surface area contributed by atoms with Gasteiger partial charge < -0.3 is 10.6 Å². The highest BCUT2D eigenvalue weighted by Gasteiger charge is 2.32. The van der Waals surface area contributed by atoms with Gasteiger partial charge in [-0.1, -0.05) is 13.8 Å². The van der Waals surface area contributed by atoms with Crippen LogP contribution in [0.3, 0.4) is 0 Å². The molecule has 1 amide bonds. The lowest BCUT2D eigenvalue weighted by Crippen LogP contribution is -2.35. The van der Waals surface area contributed by atoms with Gasteiger partial charge in [-0.2, -0.15) is 0 Å². The average Bonchev–Trinajstić information content (AvgIpc) is 3.40. The molecule has 1 saturated carbocycles. The van der Waals surface area contributed by atoms with Crippen LogP contribution in [0.2, 0.25) is 0 Å². The van der Waals surface area contributed by atoms with Gasteiger partial charge in [0.15, 0.2) is 5.65 Å². The summed E-state index contributed by atoms with van der Waals surface area (Å²) in [6, 6.07) is 1.76. The van der Waals surface area contributed by atoms with Gasteiger partial charge in [-0.3, -0.25) is 19.1 Å². The molecule has 8 nitrogen and oxygen atoms in total. The summed E-state index contributed by atoms with van der Waals surface area (Å²) in [5.74, 6) is 0.609. The number of aromatic amines is 1. The van der Waals surface area contributed by atoms with Crippen LogP contribution >= 0.6 is 24.8 Å². The molecule has 1 aliphatic carbocycles. The SMILES string of the molecule is CC(C)Cn1c(=O)[nH]c(=O)c2c(C(=O)N3CCC(CN)C3)cc(C3CC3)nc21.Cl.Cl. The van der Waals surface area contributed by atoms with Crippen LogP contribution in [0.1, 0.15) is 55.1 Å². The van der Waals surface area contributed by atoms with Crippen molar-refractivity contribution in [2.24, 2.45) is 17.6 Å². The molecule has 2 aliphatic rings. The molecule has 30 heavy (non-hydrogen) atoms. The summed E-state index contributed by atoms with van der Waals surface area (Å²) in [7, 11) is 0. The van der Waals surface area contributed by atoms with Crippen molar-refractivity contribution < 1.29 is 4.79 Å². The number of H-pyrrole nitrogens is 1. The van der Waals surface area contributed by atoms with Crippen LogP contribution in [-0.2, 0) is 6.54 Å². The summed E-state index contributed by atoms with van der Waals surface area (Å²) in [6.07, 6.45) is 2.90. The van der Waals surface area contributed by atoms with E-state index in [1.54, 1.807) is 11.0 Å². The first-order valence-electron chi connectivity index (χ1n) is 10.1. The summed E-state index contributed by atoms with van der Waals surface area (Å²) < 4.78 is 1.50. The second-order valence-electron chi connectivity index (χ2n) is 8.47. The van der Waals surface area contributed by atoms with Gasteiger partial charge in [0.05, 0.1) is 10.9 Å². The number of carbonyl (C=O) groups is 1. The van der Waals surface area contributed by atoms with Crippen LogP contribution in [0.15, 0.2) is 15.7 Å². The molecule has 2 aromatic rings. The fourth-order valence-electron chi connectivity index (χ4n) is 3.96. The maximum absolute atomic E-state index is 13.3. The third-order valence-electron chi connectivity index (χ3n) is 5.65. The predicted octanol–water partition coefficient (Wildman–Crippen LogP) is 1.88. The van der Waals surface area contributed by atoms with Crippen molar-refractivity contribution in [2.75, 3.05) is 19.6 Å². The Hall–Kier alpha value is -1.90. The number of hydrogen-bond donors (Lipinski definition) is 2. The average molecular weight is 458 g/mol. The van der Waals surface area contributed by atoms with Crippen LogP contribution in [-0.4, -0.2) is 45.0 Å². The van der Waals surface area contributed by atoms with E-state index in [-0.39, 0.29) is 47.9 Å². The van der Waals surface area contributed by atoms with E-state index in [9.17, 15) is 14.4 Å². The monoisotopic (exact) mass is 457 g/mol. The minimum absolute atomic E-state index is 0. The standard InChI is InChI=1S/C20H27N5O3.2ClH/c1-11(2)9-25-17-16(18(26)23-20(25)28)14(7-15(22-17)13-3-4-13)19(27)24-6-5-12(8-21)10-24;;/h7,11-13H,3-6,8-10,21H2,1-2H3,(H,23,26,28);2*1H. The van der Waals surface area contributed by atoms with Crippen molar-refractivity contribution in [1.29, 1.82) is 0 Å². The first kappa shape index (κ1) is 24.4. The quantitative estimate of drug-likeness (QED) is 0.710. The number of halogens is 2. The van der Waals surface area contributed by atoms with Crippen molar-refractivity contribution in [3.8, 4) is 0 Å². The molecule has 166 valence electrons. The van der Waals surface area contributed by atoms with Crippen molar-refractivity contribution in [2.45, 2.75) is 45.6 Å². The number of nitrogens with one attached hydrogen (secondary N) is 1. The second kappa shape index (κ2) is 9.49. The molecule has 1 atom stereocenters. The van der Waals surface area contributed by atoms with E-state index < -0.39 is 11.2 Å². The minimum Gasteiger partial charge on any atom is -0.338 e. The smallest absolute Gasteiger partial charge is 0.330 e. The Labute approximate surface area is 187 Å². The molecular weight excluding hydrogens is 429 g/mol. The number of likely N-dealkylation sites (tertiary alicyclic amines) is 1. The van der Waals surface area contributed by atoms with Gasteiger partial charge in [0.25, 0.3) is 11.5 Å². The number of pyridine rings is 1. The van der Waals surface area contributed by atoms with Gasteiger partial charge >= 0.3 is 5.69 Å².